The lowest BCUT2D eigenvalue weighted by atomic mass is 10.4. The van der Waals surface area contributed by atoms with Crippen LogP contribution in [-0.4, -0.2) is 43.3 Å². The molecule has 0 aromatic carbocycles. The van der Waals surface area contributed by atoms with Gasteiger partial charge in [-0.3, -0.25) is 0 Å². The standard InChI is InChI=1S/C13H22N4O/c1-11-10-12(17-7-3-4-8-17)16-13(15-11)14-6-5-9-18-2/h10H,3-9H2,1-2H3,(H,14,15,16). The van der Waals surface area contributed by atoms with Crippen molar-refractivity contribution in [2.45, 2.75) is 26.2 Å². The van der Waals surface area contributed by atoms with Crippen molar-refractivity contribution in [2.75, 3.05) is 43.6 Å². The van der Waals surface area contributed by atoms with Crippen molar-refractivity contribution >= 4 is 11.8 Å². The van der Waals surface area contributed by atoms with E-state index < -0.39 is 0 Å². The second-order valence-electron chi connectivity index (χ2n) is 4.66. The van der Waals surface area contributed by atoms with Crippen molar-refractivity contribution in [1.82, 2.24) is 9.97 Å². The Labute approximate surface area is 109 Å². The first-order valence-corrected chi connectivity index (χ1v) is 6.63. The molecule has 18 heavy (non-hydrogen) atoms. The summed E-state index contributed by atoms with van der Waals surface area (Å²) < 4.78 is 5.02. The van der Waals surface area contributed by atoms with Gasteiger partial charge in [-0.05, 0) is 26.2 Å². The zero-order valence-corrected chi connectivity index (χ0v) is 11.3. The lowest BCUT2D eigenvalue weighted by Crippen LogP contribution is -2.20. The minimum atomic E-state index is 0.730. The Bertz CT molecular complexity index is 377. The zero-order valence-electron chi connectivity index (χ0n) is 11.3. The van der Waals surface area contributed by atoms with Crippen LogP contribution < -0.4 is 10.2 Å². The van der Waals surface area contributed by atoms with Crippen molar-refractivity contribution in [3.63, 3.8) is 0 Å². The fraction of sp³-hybridized carbons (Fsp3) is 0.692. The molecule has 1 N–H and O–H groups in total. The average molecular weight is 250 g/mol. The van der Waals surface area contributed by atoms with Crippen LogP contribution in [0.4, 0.5) is 11.8 Å². The van der Waals surface area contributed by atoms with Crippen molar-refractivity contribution in [1.29, 1.82) is 0 Å². The van der Waals surface area contributed by atoms with E-state index in [0.717, 1.165) is 50.1 Å². The Morgan fingerprint density at radius 3 is 2.83 bits per heavy atom. The largest absolute Gasteiger partial charge is 0.385 e. The van der Waals surface area contributed by atoms with Crippen LogP contribution in [0, 0.1) is 6.92 Å². The SMILES string of the molecule is COCCCNc1nc(C)cc(N2CCCC2)n1. The highest BCUT2D eigenvalue weighted by atomic mass is 16.5. The maximum absolute atomic E-state index is 5.02. The van der Waals surface area contributed by atoms with E-state index in [9.17, 15) is 0 Å². The van der Waals surface area contributed by atoms with Crippen LogP contribution in [0.2, 0.25) is 0 Å². The summed E-state index contributed by atoms with van der Waals surface area (Å²) in [6.45, 7) is 5.84. The number of ether oxygens (including phenoxy) is 1. The summed E-state index contributed by atoms with van der Waals surface area (Å²) in [5.41, 5.74) is 1.01. The van der Waals surface area contributed by atoms with Crippen molar-refractivity contribution in [2.24, 2.45) is 0 Å². The molecule has 100 valence electrons. The fourth-order valence-corrected chi connectivity index (χ4v) is 2.16. The summed E-state index contributed by atoms with van der Waals surface area (Å²) in [6, 6.07) is 2.06. The van der Waals surface area contributed by atoms with E-state index in [1.54, 1.807) is 7.11 Å². The second kappa shape index (κ2) is 6.54. The Morgan fingerprint density at radius 1 is 1.33 bits per heavy atom. The predicted octanol–water partition coefficient (Wildman–Crippen LogP) is 1.83. The molecule has 0 spiro atoms. The molecule has 1 fully saturated rings. The molecule has 1 aromatic heterocycles. The molecule has 0 aliphatic carbocycles. The Hall–Kier alpha value is -1.36. The van der Waals surface area contributed by atoms with E-state index in [-0.39, 0.29) is 0 Å². The molecule has 0 bridgehead atoms. The number of anilines is 2. The van der Waals surface area contributed by atoms with Crippen LogP contribution in [0.25, 0.3) is 0 Å². The van der Waals surface area contributed by atoms with Gasteiger partial charge in [0.15, 0.2) is 0 Å². The Kier molecular flexibility index (Phi) is 4.75. The van der Waals surface area contributed by atoms with Crippen LogP contribution in [-0.2, 0) is 4.74 Å². The Morgan fingerprint density at radius 2 is 2.11 bits per heavy atom. The molecule has 2 rings (SSSR count). The van der Waals surface area contributed by atoms with E-state index in [2.05, 4.69) is 26.3 Å². The van der Waals surface area contributed by atoms with Crippen LogP contribution in [0.1, 0.15) is 25.0 Å². The lowest BCUT2D eigenvalue weighted by molar-refractivity contribution is 0.197. The average Bonchev–Trinajstić information content (AvgIpc) is 2.88. The third kappa shape index (κ3) is 3.57. The highest BCUT2D eigenvalue weighted by molar-refractivity contribution is 5.45. The van der Waals surface area contributed by atoms with Crippen molar-refractivity contribution in [3.8, 4) is 0 Å². The summed E-state index contributed by atoms with van der Waals surface area (Å²) in [4.78, 5) is 11.3. The van der Waals surface area contributed by atoms with E-state index in [1.807, 2.05) is 6.92 Å². The van der Waals surface area contributed by atoms with Gasteiger partial charge in [-0.2, -0.15) is 4.98 Å². The molecular formula is C13H22N4O. The van der Waals surface area contributed by atoms with Crippen molar-refractivity contribution in [3.05, 3.63) is 11.8 Å². The van der Waals surface area contributed by atoms with Gasteiger partial charge in [-0.15, -0.1) is 0 Å². The molecule has 1 aliphatic heterocycles. The summed E-state index contributed by atoms with van der Waals surface area (Å²) in [5, 5.41) is 3.26. The molecule has 1 aliphatic rings. The fourth-order valence-electron chi connectivity index (χ4n) is 2.16. The molecule has 0 saturated carbocycles. The van der Waals surface area contributed by atoms with Gasteiger partial charge in [0, 0.05) is 45.1 Å². The number of methoxy groups -OCH3 is 1. The third-order valence-corrected chi connectivity index (χ3v) is 3.08. The highest BCUT2D eigenvalue weighted by Gasteiger charge is 2.14. The van der Waals surface area contributed by atoms with Gasteiger partial charge in [0.25, 0.3) is 0 Å². The molecule has 1 saturated heterocycles. The van der Waals surface area contributed by atoms with Gasteiger partial charge in [-0.25, -0.2) is 4.98 Å². The number of nitrogens with one attached hydrogen (secondary N) is 1. The summed E-state index contributed by atoms with van der Waals surface area (Å²) >= 11 is 0. The summed E-state index contributed by atoms with van der Waals surface area (Å²) in [7, 11) is 1.72. The van der Waals surface area contributed by atoms with Crippen LogP contribution >= 0.6 is 0 Å². The Balaban J connectivity index is 1.97. The van der Waals surface area contributed by atoms with Gasteiger partial charge >= 0.3 is 0 Å². The topological polar surface area (TPSA) is 50.3 Å². The summed E-state index contributed by atoms with van der Waals surface area (Å²) in [6.07, 6.45) is 3.49. The lowest BCUT2D eigenvalue weighted by Gasteiger charge is -2.17. The molecule has 5 heteroatoms. The maximum atomic E-state index is 5.02. The van der Waals surface area contributed by atoms with E-state index in [4.69, 9.17) is 4.74 Å². The molecular weight excluding hydrogens is 228 g/mol. The van der Waals surface area contributed by atoms with Gasteiger partial charge in [0.2, 0.25) is 5.95 Å². The van der Waals surface area contributed by atoms with Gasteiger partial charge in [-0.1, -0.05) is 0 Å². The number of aromatic nitrogens is 2. The van der Waals surface area contributed by atoms with Crippen LogP contribution in [0.15, 0.2) is 6.07 Å². The zero-order chi connectivity index (χ0) is 12.8. The van der Waals surface area contributed by atoms with Gasteiger partial charge in [0.1, 0.15) is 5.82 Å². The number of aryl methyl sites for hydroxylation is 1. The van der Waals surface area contributed by atoms with Gasteiger partial charge in [0.05, 0.1) is 0 Å². The van der Waals surface area contributed by atoms with E-state index in [1.165, 1.54) is 12.8 Å². The summed E-state index contributed by atoms with van der Waals surface area (Å²) in [5.74, 6) is 1.78. The van der Waals surface area contributed by atoms with E-state index in [0.29, 0.717) is 0 Å². The number of hydrogen-bond donors (Lipinski definition) is 1. The molecule has 5 nitrogen and oxygen atoms in total. The van der Waals surface area contributed by atoms with Crippen LogP contribution in [0.5, 0.6) is 0 Å². The molecule has 0 unspecified atom stereocenters. The predicted molar refractivity (Wildman–Crippen MR) is 73.2 cm³/mol. The second-order valence-corrected chi connectivity index (χ2v) is 4.66. The van der Waals surface area contributed by atoms with Crippen molar-refractivity contribution < 1.29 is 4.74 Å². The molecule has 2 heterocycles. The molecule has 0 radical (unpaired) electrons. The first-order chi connectivity index (χ1) is 8.79. The number of rotatable bonds is 6. The normalized spacial score (nSPS) is 15.1. The number of nitrogens with zero attached hydrogens (tertiary/aromatic N) is 3. The molecule has 0 amide bonds. The smallest absolute Gasteiger partial charge is 0.224 e. The quantitative estimate of drug-likeness (QED) is 0.781. The molecule has 0 atom stereocenters. The highest BCUT2D eigenvalue weighted by Crippen LogP contribution is 2.19. The number of hydrogen-bond acceptors (Lipinski definition) is 5. The molecule has 1 aromatic rings. The third-order valence-electron chi connectivity index (χ3n) is 3.08. The van der Waals surface area contributed by atoms with Crippen LogP contribution in [0.3, 0.4) is 0 Å². The first-order valence-electron chi connectivity index (χ1n) is 6.63. The first kappa shape index (κ1) is 13.1. The van der Waals surface area contributed by atoms with E-state index >= 15 is 0 Å². The minimum Gasteiger partial charge on any atom is -0.385 e. The monoisotopic (exact) mass is 250 g/mol. The minimum absolute atomic E-state index is 0.730. The van der Waals surface area contributed by atoms with Gasteiger partial charge < -0.3 is 15.0 Å². The maximum Gasteiger partial charge on any atom is 0.224 e.